The molecule has 2 rings (SSSR count). The third-order valence-electron chi connectivity index (χ3n) is 2.34. The molecule has 0 saturated carbocycles. The number of nitrogen functional groups attached to an aromatic ring is 1. The molecule has 0 fully saturated rings. The van der Waals surface area contributed by atoms with Crippen molar-refractivity contribution >= 4 is 34.7 Å². The highest BCUT2D eigenvalue weighted by Gasteiger charge is 2.14. The van der Waals surface area contributed by atoms with Gasteiger partial charge in [0.2, 0.25) is 0 Å². The predicted molar refractivity (Wildman–Crippen MR) is 70.8 cm³/mol. The van der Waals surface area contributed by atoms with Crippen molar-refractivity contribution in [1.82, 2.24) is 4.98 Å². The summed E-state index contributed by atoms with van der Waals surface area (Å²) in [5, 5.41) is 11.5. The monoisotopic (exact) mass is 283 g/mol. The lowest BCUT2D eigenvalue weighted by atomic mass is 10.1. The van der Waals surface area contributed by atoms with Crippen molar-refractivity contribution < 1.29 is 4.92 Å². The Morgan fingerprint density at radius 3 is 2.56 bits per heavy atom. The van der Waals surface area contributed by atoms with Crippen LogP contribution in [0.25, 0.3) is 11.1 Å². The first-order valence-corrected chi connectivity index (χ1v) is 5.60. The van der Waals surface area contributed by atoms with E-state index >= 15 is 0 Å². The van der Waals surface area contributed by atoms with Crippen LogP contribution >= 0.6 is 23.2 Å². The van der Waals surface area contributed by atoms with Crippen LogP contribution in [0.5, 0.6) is 0 Å². The minimum atomic E-state index is -0.542. The Morgan fingerprint density at radius 1 is 1.22 bits per heavy atom. The molecule has 5 nitrogen and oxygen atoms in total. The molecule has 1 aromatic heterocycles. The van der Waals surface area contributed by atoms with Crippen LogP contribution in [-0.4, -0.2) is 9.91 Å². The normalized spacial score (nSPS) is 10.3. The van der Waals surface area contributed by atoms with Gasteiger partial charge in [-0.05, 0) is 12.1 Å². The third-order valence-corrected chi connectivity index (χ3v) is 2.88. The van der Waals surface area contributed by atoms with Crippen LogP contribution in [0.3, 0.4) is 0 Å². The number of halogens is 2. The Labute approximate surface area is 112 Å². The van der Waals surface area contributed by atoms with E-state index in [1.807, 2.05) is 0 Å². The van der Waals surface area contributed by atoms with Crippen LogP contribution in [0.2, 0.25) is 10.0 Å². The number of nitrogens with zero attached hydrogens (tertiary/aromatic N) is 2. The summed E-state index contributed by atoms with van der Waals surface area (Å²) in [6.07, 6.45) is 1.10. The Kier molecular flexibility index (Phi) is 3.36. The standard InChI is InChI=1S/C11H7Cl2N3O2/c12-6-1-2-8(10(13)3-6)9-4-7(16(17)18)5-15-11(9)14/h1-5H,(H2,14,15). The zero-order valence-corrected chi connectivity index (χ0v) is 10.4. The number of rotatable bonds is 2. The van der Waals surface area contributed by atoms with Gasteiger partial charge in [-0.15, -0.1) is 0 Å². The van der Waals surface area contributed by atoms with Gasteiger partial charge in [0.15, 0.2) is 0 Å². The van der Waals surface area contributed by atoms with E-state index in [0.29, 0.717) is 21.2 Å². The summed E-state index contributed by atoms with van der Waals surface area (Å²) in [5.74, 6) is 0.171. The lowest BCUT2D eigenvalue weighted by Crippen LogP contribution is -1.97. The van der Waals surface area contributed by atoms with Crippen molar-refractivity contribution in [2.45, 2.75) is 0 Å². The zero-order valence-electron chi connectivity index (χ0n) is 8.93. The fourth-order valence-electron chi connectivity index (χ4n) is 1.49. The molecule has 0 aliphatic heterocycles. The SMILES string of the molecule is Nc1ncc([N+](=O)[O-])cc1-c1ccc(Cl)cc1Cl. The van der Waals surface area contributed by atoms with Crippen molar-refractivity contribution in [3.8, 4) is 11.1 Å². The molecule has 0 unspecified atom stereocenters. The zero-order chi connectivity index (χ0) is 13.3. The quantitative estimate of drug-likeness (QED) is 0.675. The number of hydrogen-bond acceptors (Lipinski definition) is 4. The summed E-state index contributed by atoms with van der Waals surface area (Å²) in [6, 6.07) is 6.14. The fourth-order valence-corrected chi connectivity index (χ4v) is 2.00. The summed E-state index contributed by atoms with van der Waals surface area (Å²) in [7, 11) is 0. The molecule has 0 spiro atoms. The molecule has 0 amide bonds. The van der Waals surface area contributed by atoms with Gasteiger partial charge in [0.25, 0.3) is 5.69 Å². The van der Waals surface area contributed by atoms with E-state index in [1.54, 1.807) is 12.1 Å². The van der Waals surface area contributed by atoms with Crippen molar-refractivity contribution in [3.05, 3.63) is 50.6 Å². The molecule has 0 aliphatic rings. The van der Waals surface area contributed by atoms with E-state index in [4.69, 9.17) is 28.9 Å². The molecular weight excluding hydrogens is 277 g/mol. The molecule has 92 valence electrons. The number of pyridine rings is 1. The largest absolute Gasteiger partial charge is 0.383 e. The highest BCUT2D eigenvalue weighted by atomic mass is 35.5. The smallest absolute Gasteiger partial charge is 0.288 e. The van der Waals surface area contributed by atoms with Crippen molar-refractivity contribution in [1.29, 1.82) is 0 Å². The Bertz CT molecular complexity index is 632. The Morgan fingerprint density at radius 2 is 1.94 bits per heavy atom. The molecule has 2 N–H and O–H groups in total. The minimum absolute atomic E-state index is 0.148. The molecule has 0 atom stereocenters. The average molecular weight is 284 g/mol. The van der Waals surface area contributed by atoms with Gasteiger partial charge in [0, 0.05) is 22.2 Å². The van der Waals surface area contributed by atoms with Gasteiger partial charge >= 0.3 is 0 Å². The first kappa shape index (κ1) is 12.6. The van der Waals surface area contributed by atoms with Gasteiger partial charge in [-0.25, -0.2) is 4.98 Å². The van der Waals surface area contributed by atoms with Gasteiger partial charge in [0.1, 0.15) is 12.0 Å². The van der Waals surface area contributed by atoms with Gasteiger partial charge in [-0.3, -0.25) is 10.1 Å². The number of aromatic nitrogens is 1. The van der Waals surface area contributed by atoms with Crippen LogP contribution in [0.4, 0.5) is 11.5 Å². The van der Waals surface area contributed by atoms with Gasteiger partial charge in [-0.2, -0.15) is 0 Å². The first-order valence-electron chi connectivity index (χ1n) is 4.84. The third kappa shape index (κ3) is 2.37. The molecule has 0 radical (unpaired) electrons. The van der Waals surface area contributed by atoms with Crippen LogP contribution in [0, 0.1) is 10.1 Å². The lowest BCUT2D eigenvalue weighted by Gasteiger charge is -2.07. The van der Waals surface area contributed by atoms with Crippen LogP contribution in [-0.2, 0) is 0 Å². The van der Waals surface area contributed by atoms with Crippen LogP contribution < -0.4 is 5.73 Å². The molecular formula is C11H7Cl2N3O2. The van der Waals surface area contributed by atoms with Gasteiger partial charge in [0.05, 0.1) is 9.95 Å². The highest BCUT2D eigenvalue weighted by Crippen LogP contribution is 2.34. The minimum Gasteiger partial charge on any atom is -0.383 e. The molecule has 18 heavy (non-hydrogen) atoms. The molecule has 7 heteroatoms. The number of anilines is 1. The maximum Gasteiger partial charge on any atom is 0.288 e. The van der Waals surface area contributed by atoms with Crippen LogP contribution in [0.15, 0.2) is 30.5 Å². The number of hydrogen-bond donors (Lipinski definition) is 1. The summed E-state index contributed by atoms with van der Waals surface area (Å²) in [6.45, 7) is 0. The summed E-state index contributed by atoms with van der Waals surface area (Å²) >= 11 is 11.8. The molecule has 0 bridgehead atoms. The summed E-state index contributed by atoms with van der Waals surface area (Å²) in [5.41, 5.74) is 6.51. The second-order valence-corrected chi connectivity index (χ2v) is 4.35. The maximum absolute atomic E-state index is 10.7. The molecule has 0 saturated heterocycles. The van der Waals surface area contributed by atoms with E-state index in [9.17, 15) is 10.1 Å². The molecule has 0 aliphatic carbocycles. The molecule has 1 aromatic carbocycles. The second-order valence-electron chi connectivity index (χ2n) is 3.51. The van der Waals surface area contributed by atoms with E-state index in [1.165, 1.54) is 12.1 Å². The number of benzene rings is 1. The predicted octanol–water partition coefficient (Wildman–Crippen LogP) is 3.55. The number of nitro groups is 1. The molecule has 1 heterocycles. The highest BCUT2D eigenvalue weighted by molar-refractivity contribution is 6.36. The summed E-state index contributed by atoms with van der Waals surface area (Å²) < 4.78 is 0. The van der Waals surface area contributed by atoms with Crippen molar-refractivity contribution in [2.75, 3.05) is 5.73 Å². The fraction of sp³-hybridized carbons (Fsp3) is 0. The maximum atomic E-state index is 10.7. The summed E-state index contributed by atoms with van der Waals surface area (Å²) in [4.78, 5) is 13.9. The van der Waals surface area contributed by atoms with Crippen molar-refractivity contribution in [3.63, 3.8) is 0 Å². The Hall–Kier alpha value is -1.85. The second kappa shape index (κ2) is 4.80. The van der Waals surface area contributed by atoms with Crippen LogP contribution in [0.1, 0.15) is 0 Å². The van der Waals surface area contributed by atoms with E-state index in [2.05, 4.69) is 4.98 Å². The number of nitrogens with two attached hydrogens (primary N) is 1. The lowest BCUT2D eigenvalue weighted by molar-refractivity contribution is -0.385. The van der Waals surface area contributed by atoms with E-state index < -0.39 is 4.92 Å². The van der Waals surface area contributed by atoms with E-state index in [-0.39, 0.29) is 11.5 Å². The van der Waals surface area contributed by atoms with Gasteiger partial charge in [-0.1, -0.05) is 29.3 Å². The van der Waals surface area contributed by atoms with E-state index in [0.717, 1.165) is 6.20 Å². The van der Waals surface area contributed by atoms with Gasteiger partial charge < -0.3 is 5.73 Å². The average Bonchev–Trinajstić information content (AvgIpc) is 2.30. The van der Waals surface area contributed by atoms with Crippen molar-refractivity contribution in [2.24, 2.45) is 0 Å². The first-order chi connectivity index (χ1) is 8.49. The Balaban J connectivity index is 2.62. The topological polar surface area (TPSA) is 82.0 Å². The molecule has 2 aromatic rings.